The second kappa shape index (κ2) is 9.28. The number of hydrogen-bond donors (Lipinski definition) is 1. The topological polar surface area (TPSA) is 80.5 Å². The lowest BCUT2D eigenvalue weighted by atomic mass is 9.96. The van der Waals surface area contributed by atoms with Crippen LogP contribution < -0.4 is 10.1 Å². The normalized spacial score (nSPS) is 15.1. The van der Waals surface area contributed by atoms with Crippen LogP contribution in [0.4, 0.5) is 5.69 Å². The van der Waals surface area contributed by atoms with Crippen LogP contribution in [0, 0.1) is 5.92 Å². The fraction of sp³-hybridized carbons (Fsp3) is 0.318. The molecular weight excluding hydrogens is 404 g/mol. The van der Waals surface area contributed by atoms with E-state index in [1.165, 1.54) is 0 Å². The third-order valence-corrected chi connectivity index (χ3v) is 5.46. The number of amides is 1. The van der Waals surface area contributed by atoms with E-state index >= 15 is 0 Å². The van der Waals surface area contributed by atoms with Crippen molar-refractivity contribution in [1.29, 1.82) is 0 Å². The van der Waals surface area contributed by atoms with Crippen LogP contribution in [0.25, 0.3) is 11.4 Å². The molecule has 0 spiro atoms. The Morgan fingerprint density at radius 1 is 1.23 bits per heavy atom. The summed E-state index contributed by atoms with van der Waals surface area (Å²) < 4.78 is 10.5. The molecule has 1 aliphatic heterocycles. The maximum absolute atomic E-state index is 12.6. The van der Waals surface area contributed by atoms with Gasteiger partial charge in [-0.05, 0) is 62.3 Å². The van der Waals surface area contributed by atoms with Crippen LogP contribution in [0.1, 0.15) is 18.7 Å². The lowest BCUT2D eigenvalue weighted by molar-refractivity contribution is -0.121. The Labute approximate surface area is 180 Å². The minimum absolute atomic E-state index is 0.00643. The number of benzene rings is 2. The molecule has 30 heavy (non-hydrogen) atoms. The first-order valence-electron chi connectivity index (χ1n) is 9.86. The molecule has 1 aromatic heterocycles. The van der Waals surface area contributed by atoms with E-state index in [1.54, 1.807) is 13.2 Å². The van der Waals surface area contributed by atoms with E-state index in [1.807, 2.05) is 42.5 Å². The summed E-state index contributed by atoms with van der Waals surface area (Å²) in [6.07, 6.45) is 1.58. The lowest BCUT2D eigenvalue weighted by Crippen LogP contribution is -2.37. The predicted octanol–water partition coefficient (Wildman–Crippen LogP) is 4.25. The van der Waals surface area contributed by atoms with Crippen molar-refractivity contribution in [1.82, 2.24) is 15.0 Å². The zero-order chi connectivity index (χ0) is 20.9. The van der Waals surface area contributed by atoms with Crippen LogP contribution in [0.2, 0.25) is 5.02 Å². The highest BCUT2D eigenvalue weighted by molar-refractivity contribution is 6.30. The molecule has 0 bridgehead atoms. The fourth-order valence-electron chi connectivity index (χ4n) is 3.53. The molecule has 0 atom stereocenters. The fourth-order valence-corrected chi connectivity index (χ4v) is 3.72. The Bertz CT molecular complexity index is 998. The highest BCUT2D eigenvalue weighted by atomic mass is 35.5. The van der Waals surface area contributed by atoms with Crippen molar-refractivity contribution in [2.75, 3.05) is 25.5 Å². The number of carbonyl (C=O) groups excluding carboxylic acids is 1. The molecule has 2 aromatic carbocycles. The molecule has 3 aromatic rings. The summed E-state index contributed by atoms with van der Waals surface area (Å²) in [5.41, 5.74) is 1.61. The molecule has 1 fully saturated rings. The van der Waals surface area contributed by atoms with Crippen molar-refractivity contribution in [2.24, 2.45) is 5.92 Å². The number of likely N-dealkylation sites (tertiary alicyclic amines) is 1. The van der Waals surface area contributed by atoms with Gasteiger partial charge in [0, 0.05) is 22.2 Å². The second-order valence-electron chi connectivity index (χ2n) is 7.29. The molecule has 1 amide bonds. The van der Waals surface area contributed by atoms with Gasteiger partial charge in [-0.2, -0.15) is 4.98 Å². The third kappa shape index (κ3) is 4.98. The first-order valence-corrected chi connectivity index (χ1v) is 10.2. The maximum atomic E-state index is 12.6. The number of nitrogens with one attached hydrogen (secondary N) is 1. The minimum atomic E-state index is -0.00643. The van der Waals surface area contributed by atoms with E-state index < -0.39 is 0 Å². The van der Waals surface area contributed by atoms with E-state index in [4.69, 9.17) is 20.9 Å². The number of methoxy groups -OCH3 is 1. The smallest absolute Gasteiger partial charge is 0.241 e. The Morgan fingerprint density at radius 3 is 2.70 bits per heavy atom. The van der Waals surface area contributed by atoms with Crippen molar-refractivity contribution in [3.8, 4) is 17.1 Å². The standard InChI is InChI=1S/C22H23ClN4O3/c1-29-19-7-5-18(6-8-19)24-22(28)15-9-11-27(12-10-15)14-20-25-21(26-30-20)16-3-2-4-17(23)13-16/h2-8,13,15H,9-12,14H2,1H3,(H,24,28). The van der Waals surface area contributed by atoms with Crippen LogP contribution >= 0.6 is 11.6 Å². The van der Waals surface area contributed by atoms with E-state index in [0.717, 1.165) is 42.9 Å². The minimum Gasteiger partial charge on any atom is -0.497 e. The first kappa shape index (κ1) is 20.4. The van der Waals surface area contributed by atoms with Gasteiger partial charge >= 0.3 is 0 Å². The van der Waals surface area contributed by atoms with E-state index in [-0.39, 0.29) is 11.8 Å². The average Bonchev–Trinajstić information content (AvgIpc) is 3.23. The molecule has 4 rings (SSSR count). The van der Waals surface area contributed by atoms with Crippen molar-refractivity contribution in [3.63, 3.8) is 0 Å². The molecule has 0 aliphatic carbocycles. The predicted molar refractivity (Wildman–Crippen MR) is 114 cm³/mol. The Morgan fingerprint density at radius 2 is 2.00 bits per heavy atom. The van der Waals surface area contributed by atoms with Gasteiger partial charge in [-0.1, -0.05) is 28.9 Å². The number of ether oxygens (including phenoxy) is 1. The van der Waals surface area contributed by atoms with E-state index in [9.17, 15) is 4.79 Å². The van der Waals surface area contributed by atoms with E-state index in [2.05, 4.69) is 20.4 Å². The second-order valence-corrected chi connectivity index (χ2v) is 7.73. The number of nitrogens with zero attached hydrogens (tertiary/aromatic N) is 3. The van der Waals surface area contributed by atoms with Crippen LogP contribution in [0.15, 0.2) is 53.1 Å². The molecule has 0 saturated carbocycles. The zero-order valence-corrected chi connectivity index (χ0v) is 17.4. The lowest BCUT2D eigenvalue weighted by Gasteiger charge is -2.30. The quantitative estimate of drug-likeness (QED) is 0.634. The molecule has 7 nitrogen and oxygen atoms in total. The van der Waals surface area contributed by atoms with E-state index in [0.29, 0.717) is 23.3 Å². The molecule has 1 saturated heterocycles. The average molecular weight is 427 g/mol. The van der Waals surface area contributed by atoms with Crippen molar-refractivity contribution < 1.29 is 14.1 Å². The summed E-state index contributed by atoms with van der Waals surface area (Å²) in [7, 11) is 1.62. The van der Waals surface area contributed by atoms with Gasteiger partial charge in [0.1, 0.15) is 5.75 Å². The first-order chi connectivity index (χ1) is 14.6. The SMILES string of the molecule is COc1ccc(NC(=O)C2CCN(Cc3nc(-c4cccc(Cl)c4)no3)CC2)cc1. The molecule has 8 heteroatoms. The Hall–Kier alpha value is -2.90. The number of aromatic nitrogens is 2. The summed E-state index contributed by atoms with van der Waals surface area (Å²) in [5, 5.41) is 7.67. The molecule has 0 radical (unpaired) electrons. The van der Waals surface area contributed by atoms with Gasteiger partial charge in [0.2, 0.25) is 17.6 Å². The monoisotopic (exact) mass is 426 g/mol. The summed E-state index contributed by atoms with van der Waals surface area (Å²) >= 11 is 6.03. The number of piperidine rings is 1. The largest absolute Gasteiger partial charge is 0.497 e. The van der Waals surface area contributed by atoms with Crippen molar-refractivity contribution >= 4 is 23.2 Å². The molecule has 156 valence electrons. The highest BCUT2D eigenvalue weighted by Crippen LogP contribution is 2.23. The van der Waals surface area contributed by atoms with Crippen molar-refractivity contribution in [3.05, 3.63) is 59.4 Å². The highest BCUT2D eigenvalue weighted by Gasteiger charge is 2.26. The van der Waals surface area contributed by atoms with Crippen molar-refractivity contribution in [2.45, 2.75) is 19.4 Å². The maximum Gasteiger partial charge on any atom is 0.241 e. The van der Waals surface area contributed by atoms with Crippen LogP contribution in [0.5, 0.6) is 5.75 Å². The Balaban J connectivity index is 1.28. The number of hydrogen-bond acceptors (Lipinski definition) is 6. The third-order valence-electron chi connectivity index (χ3n) is 5.23. The zero-order valence-electron chi connectivity index (χ0n) is 16.7. The van der Waals surface area contributed by atoms with Crippen LogP contribution in [0.3, 0.4) is 0 Å². The van der Waals surface area contributed by atoms with Gasteiger partial charge in [-0.15, -0.1) is 0 Å². The number of anilines is 1. The summed E-state index contributed by atoms with van der Waals surface area (Å²) in [6.45, 7) is 2.17. The van der Waals surface area contributed by atoms with Crippen LogP contribution in [-0.2, 0) is 11.3 Å². The van der Waals surface area contributed by atoms with Gasteiger partial charge in [-0.25, -0.2) is 0 Å². The van der Waals surface area contributed by atoms with Gasteiger partial charge in [0.25, 0.3) is 0 Å². The van der Waals surface area contributed by atoms with Gasteiger partial charge < -0.3 is 14.6 Å². The molecule has 1 N–H and O–H groups in total. The van der Waals surface area contributed by atoms with Crippen LogP contribution in [-0.4, -0.2) is 41.1 Å². The molecular formula is C22H23ClN4O3. The van der Waals surface area contributed by atoms with Gasteiger partial charge in [0.15, 0.2) is 0 Å². The number of rotatable bonds is 6. The molecule has 2 heterocycles. The Kier molecular flexibility index (Phi) is 6.30. The van der Waals surface area contributed by atoms with Gasteiger partial charge in [0.05, 0.1) is 13.7 Å². The summed E-state index contributed by atoms with van der Waals surface area (Å²) in [4.78, 5) is 19.3. The summed E-state index contributed by atoms with van der Waals surface area (Å²) in [5.74, 6) is 1.90. The number of carbonyl (C=O) groups is 1. The molecule has 0 unspecified atom stereocenters. The number of halogens is 1. The van der Waals surface area contributed by atoms with Gasteiger partial charge in [-0.3, -0.25) is 9.69 Å². The molecule has 1 aliphatic rings. The summed E-state index contributed by atoms with van der Waals surface area (Å²) in [6, 6.07) is 14.7.